The number of halogens is 1. The molecule has 0 atom stereocenters. The number of aryl methyl sites for hydroxylation is 1. The molecule has 0 aliphatic rings. The van der Waals surface area contributed by atoms with Gasteiger partial charge in [0, 0.05) is 5.39 Å². The van der Waals surface area contributed by atoms with Crippen LogP contribution in [0.4, 0.5) is 5.00 Å². The Morgan fingerprint density at radius 1 is 1.10 bits per heavy atom. The molecule has 0 spiro atoms. The number of pyridine rings is 1. The van der Waals surface area contributed by atoms with Crippen LogP contribution in [0.3, 0.4) is 0 Å². The van der Waals surface area contributed by atoms with Crippen LogP contribution in [0.2, 0.25) is 5.15 Å². The monoisotopic (exact) mass is 432 g/mol. The summed E-state index contributed by atoms with van der Waals surface area (Å²) < 4.78 is 10.0. The van der Waals surface area contributed by atoms with E-state index in [4.69, 9.17) is 21.1 Å². The van der Waals surface area contributed by atoms with Gasteiger partial charge in [-0.1, -0.05) is 11.6 Å². The molecule has 9 heteroatoms. The van der Waals surface area contributed by atoms with E-state index in [-0.39, 0.29) is 6.61 Å². The number of fused-ring (bicyclic) bond motifs is 1. The smallest absolute Gasteiger partial charge is 0.348 e. The van der Waals surface area contributed by atoms with Gasteiger partial charge in [0.1, 0.15) is 10.0 Å². The normalized spacial score (nSPS) is 10.6. The van der Waals surface area contributed by atoms with Gasteiger partial charge < -0.3 is 14.8 Å². The molecular weight excluding hydrogens is 416 g/mol. The first-order valence-electron chi connectivity index (χ1n) is 8.68. The van der Waals surface area contributed by atoms with E-state index < -0.39 is 24.5 Å². The Bertz CT molecular complexity index is 1100. The third-order valence-electron chi connectivity index (χ3n) is 3.87. The van der Waals surface area contributed by atoms with E-state index in [0.29, 0.717) is 31.7 Å². The van der Waals surface area contributed by atoms with Crippen molar-refractivity contribution in [2.45, 2.75) is 13.8 Å². The van der Waals surface area contributed by atoms with Crippen LogP contribution in [0.25, 0.3) is 10.9 Å². The minimum atomic E-state index is -0.633. The largest absolute Gasteiger partial charge is 0.462 e. The molecule has 3 aromatic rings. The molecule has 3 rings (SSSR count). The van der Waals surface area contributed by atoms with Crippen LogP contribution in [0, 0.1) is 6.92 Å². The van der Waals surface area contributed by atoms with Crippen molar-refractivity contribution in [3.05, 3.63) is 57.6 Å². The van der Waals surface area contributed by atoms with Crippen molar-refractivity contribution in [1.82, 2.24) is 4.98 Å². The maximum Gasteiger partial charge on any atom is 0.348 e. The second-order valence-corrected chi connectivity index (χ2v) is 7.45. The predicted molar refractivity (Wildman–Crippen MR) is 111 cm³/mol. The first kappa shape index (κ1) is 20.8. The van der Waals surface area contributed by atoms with Gasteiger partial charge in [-0.05, 0) is 55.8 Å². The van der Waals surface area contributed by atoms with Crippen molar-refractivity contribution in [1.29, 1.82) is 0 Å². The summed E-state index contributed by atoms with van der Waals surface area (Å²) in [5, 5.41) is 4.18. The summed E-state index contributed by atoms with van der Waals surface area (Å²) in [6, 6.07) is 9.86. The van der Waals surface area contributed by atoms with Crippen LogP contribution in [-0.4, -0.2) is 36.0 Å². The minimum Gasteiger partial charge on any atom is -0.462 e. The van der Waals surface area contributed by atoms with Gasteiger partial charge >= 0.3 is 11.9 Å². The molecule has 0 aliphatic heterocycles. The third-order valence-corrected chi connectivity index (χ3v) is 5.21. The molecule has 0 saturated carbocycles. The van der Waals surface area contributed by atoms with Crippen LogP contribution in [0.15, 0.2) is 36.4 Å². The molecule has 1 aromatic carbocycles. The Morgan fingerprint density at radius 3 is 2.66 bits per heavy atom. The maximum atomic E-state index is 12.2. The van der Waals surface area contributed by atoms with Crippen molar-refractivity contribution < 1.29 is 23.9 Å². The third kappa shape index (κ3) is 5.10. The zero-order valence-electron chi connectivity index (χ0n) is 15.7. The van der Waals surface area contributed by atoms with Crippen molar-refractivity contribution in [2.24, 2.45) is 0 Å². The number of rotatable bonds is 6. The fraction of sp³-hybridized carbons (Fsp3) is 0.200. The number of hydrogen-bond acceptors (Lipinski definition) is 7. The van der Waals surface area contributed by atoms with Crippen molar-refractivity contribution in [3.8, 4) is 0 Å². The topological polar surface area (TPSA) is 94.6 Å². The molecule has 29 heavy (non-hydrogen) atoms. The number of nitrogens with zero attached hydrogens (tertiary/aromatic N) is 1. The zero-order valence-corrected chi connectivity index (χ0v) is 17.2. The fourth-order valence-corrected chi connectivity index (χ4v) is 3.70. The Labute approximate surface area is 175 Å². The summed E-state index contributed by atoms with van der Waals surface area (Å²) in [4.78, 5) is 40.7. The Balaban J connectivity index is 1.59. The molecule has 0 aliphatic carbocycles. The molecule has 0 unspecified atom stereocenters. The molecule has 1 amide bonds. The number of amides is 1. The molecule has 7 nitrogen and oxygen atoms in total. The number of thiophene rings is 1. The van der Waals surface area contributed by atoms with E-state index in [1.807, 2.05) is 0 Å². The Hall–Kier alpha value is -2.97. The van der Waals surface area contributed by atoms with E-state index in [1.54, 1.807) is 50.2 Å². The van der Waals surface area contributed by atoms with E-state index in [9.17, 15) is 14.4 Å². The highest BCUT2D eigenvalue weighted by molar-refractivity contribution is 7.18. The molecule has 150 valence electrons. The lowest BCUT2D eigenvalue weighted by molar-refractivity contribution is -0.119. The highest BCUT2D eigenvalue weighted by Crippen LogP contribution is 2.27. The van der Waals surface area contributed by atoms with Gasteiger partial charge in [0.25, 0.3) is 5.91 Å². The number of hydrogen-bond donors (Lipinski definition) is 1. The van der Waals surface area contributed by atoms with Crippen LogP contribution < -0.4 is 5.32 Å². The second-order valence-electron chi connectivity index (χ2n) is 6.01. The lowest BCUT2D eigenvalue weighted by Crippen LogP contribution is -2.20. The van der Waals surface area contributed by atoms with Crippen molar-refractivity contribution in [2.75, 3.05) is 18.5 Å². The predicted octanol–water partition coefficient (Wildman–Crippen LogP) is 4.23. The number of benzene rings is 1. The van der Waals surface area contributed by atoms with Crippen LogP contribution in [0.1, 0.15) is 32.5 Å². The summed E-state index contributed by atoms with van der Waals surface area (Å²) >= 11 is 6.95. The number of carbonyl (C=O) groups excluding carboxylic acids is 3. The number of esters is 2. The summed E-state index contributed by atoms with van der Waals surface area (Å²) in [7, 11) is 0. The van der Waals surface area contributed by atoms with Crippen molar-refractivity contribution in [3.63, 3.8) is 0 Å². The number of aromatic nitrogens is 1. The van der Waals surface area contributed by atoms with Gasteiger partial charge in [0.05, 0.1) is 22.7 Å². The van der Waals surface area contributed by atoms with E-state index in [1.165, 1.54) is 0 Å². The molecule has 0 saturated heterocycles. The van der Waals surface area contributed by atoms with E-state index >= 15 is 0 Å². The molecule has 2 aromatic heterocycles. The molecule has 0 radical (unpaired) electrons. The molecule has 0 bridgehead atoms. The fourth-order valence-electron chi connectivity index (χ4n) is 2.56. The maximum absolute atomic E-state index is 12.2. The number of anilines is 1. The van der Waals surface area contributed by atoms with E-state index in [2.05, 4.69) is 10.3 Å². The van der Waals surface area contributed by atoms with Crippen LogP contribution >= 0.6 is 22.9 Å². The second kappa shape index (κ2) is 9.02. The number of nitrogens with one attached hydrogen (secondary N) is 1. The first-order chi connectivity index (χ1) is 13.9. The van der Waals surface area contributed by atoms with Crippen LogP contribution in [0.5, 0.6) is 0 Å². The van der Waals surface area contributed by atoms with Gasteiger partial charge in [0.2, 0.25) is 0 Å². The summed E-state index contributed by atoms with van der Waals surface area (Å²) in [6.07, 6.45) is 0. The highest BCUT2D eigenvalue weighted by atomic mass is 35.5. The molecule has 0 fully saturated rings. The lowest BCUT2D eigenvalue weighted by Gasteiger charge is -2.06. The average molecular weight is 433 g/mol. The average Bonchev–Trinajstić information content (AvgIpc) is 3.06. The summed E-state index contributed by atoms with van der Waals surface area (Å²) in [5.74, 6) is -1.58. The SMILES string of the molecule is CCOC(=O)c1sc(NC(=O)COC(=O)c2ccc3nc(Cl)ccc3c2)cc1C. The quantitative estimate of drug-likeness (QED) is 0.462. The molecular formula is C20H17ClN2O5S. The number of ether oxygens (including phenoxy) is 2. The molecule has 2 heterocycles. The first-order valence-corrected chi connectivity index (χ1v) is 9.87. The van der Waals surface area contributed by atoms with Crippen molar-refractivity contribution >= 4 is 56.7 Å². The molecule has 1 N–H and O–H groups in total. The summed E-state index contributed by atoms with van der Waals surface area (Å²) in [5.41, 5.74) is 1.65. The van der Waals surface area contributed by atoms with Gasteiger partial charge in [-0.3, -0.25) is 4.79 Å². The van der Waals surface area contributed by atoms with E-state index in [0.717, 1.165) is 16.7 Å². The number of carbonyl (C=O) groups is 3. The Morgan fingerprint density at radius 2 is 1.90 bits per heavy atom. The minimum absolute atomic E-state index is 0.270. The zero-order chi connectivity index (χ0) is 21.0. The van der Waals surface area contributed by atoms with Gasteiger partial charge in [-0.2, -0.15) is 0 Å². The Kier molecular flexibility index (Phi) is 6.46. The van der Waals surface area contributed by atoms with Gasteiger partial charge in [-0.25, -0.2) is 14.6 Å². The van der Waals surface area contributed by atoms with Crippen LogP contribution in [-0.2, 0) is 14.3 Å². The van der Waals surface area contributed by atoms with Gasteiger partial charge in [0.15, 0.2) is 6.61 Å². The van der Waals surface area contributed by atoms with Gasteiger partial charge in [-0.15, -0.1) is 11.3 Å². The highest BCUT2D eigenvalue weighted by Gasteiger charge is 2.17. The lowest BCUT2D eigenvalue weighted by atomic mass is 10.1. The summed E-state index contributed by atoms with van der Waals surface area (Å²) in [6.45, 7) is 3.28. The standard InChI is InChI=1S/C20H17ClN2O5S/c1-3-27-20(26)18-11(2)8-17(29-18)23-16(24)10-28-19(25)13-4-6-14-12(9-13)5-7-15(21)22-14/h4-9H,3,10H2,1-2H3,(H,23,24).